The molecule has 6 heteroatoms. The molecule has 0 aromatic carbocycles. The molecular weight excluding hydrogens is 255 g/mol. The molecule has 2 fully saturated rings. The highest BCUT2D eigenvalue weighted by Gasteiger charge is 2.51. The third-order valence-corrected chi connectivity index (χ3v) is 4.32. The minimum Gasteiger partial charge on any atom is -0.463 e. The first-order chi connectivity index (χ1) is 9.37. The highest BCUT2D eigenvalue weighted by atomic mass is 16.7. The molecule has 1 aliphatic carbocycles. The monoisotopic (exact) mass is 276 g/mol. The molecule has 1 saturated carbocycles. The molecule has 1 saturated heterocycles. The molecule has 0 N–H and O–H groups in total. The van der Waals surface area contributed by atoms with Gasteiger partial charge in [0.1, 0.15) is 0 Å². The van der Waals surface area contributed by atoms with Gasteiger partial charge in [0.15, 0.2) is 0 Å². The van der Waals surface area contributed by atoms with E-state index >= 15 is 0 Å². The number of hydrogen-bond acceptors (Lipinski definition) is 5. The van der Waals surface area contributed by atoms with Gasteiger partial charge in [-0.05, 0) is 46.5 Å². The van der Waals surface area contributed by atoms with Gasteiger partial charge < -0.3 is 14.0 Å². The van der Waals surface area contributed by atoms with Crippen molar-refractivity contribution in [3.05, 3.63) is 12.4 Å². The van der Waals surface area contributed by atoms with Crippen LogP contribution in [-0.4, -0.2) is 34.9 Å². The van der Waals surface area contributed by atoms with Crippen LogP contribution in [0, 0.1) is 5.92 Å². The maximum atomic E-state index is 5.96. The molecule has 1 aromatic rings. The van der Waals surface area contributed by atoms with E-state index in [-0.39, 0.29) is 11.2 Å². The van der Waals surface area contributed by atoms with E-state index in [4.69, 9.17) is 14.0 Å². The highest BCUT2D eigenvalue weighted by molar-refractivity contribution is 6.61. The van der Waals surface area contributed by atoms with E-state index in [9.17, 15) is 0 Å². The lowest BCUT2D eigenvalue weighted by molar-refractivity contribution is 0.00578. The molecule has 0 amide bonds. The van der Waals surface area contributed by atoms with Gasteiger partial charge in [-0.25, -0.2) is 9.97 Å². The number of nitrogens with zero attached hydrogens (tertiary/aromatic N) is 2. The Labute approximate surface area is 120 Å². The van der Waals surface area contributed by atoms with E-state index in [1.807, 2.05) is 27.7 Å². The lowest BCUT2D eigenvalue weighted by Gasteiger charge is -2.32. The fourth-order valence-corrected chi connectivity index (χ4v) is 1.98. The fourth-order valence-electron chi connectivity index (χ4n) is 1.98. The summed E-state index contributed by atoms with van der Waals surface area (Å²) in [7, 11) is -0.419. The Bertz CT molecular complexity index is 470. The summed E-state index contributed by atoms with van der Waals surface area (Å²) in [6.07, 6.45) is 5.95. The van der Waals surface area contributed by atoms with Crippen molar-refractivity contribution in [3.8, 4) is 6.01 Å². The van der Waals surface area contributed by atoms with Gasteiger partial charge in [0.25, 0.3) is 0 Å². The second-order valence-corrected chi connectivity index (χ2v) is 6.64. The van der Waals surface area contributed by atoms with Crippen LogP contribution in [0.25, 0.3) is 0 Å². The molecule has 2 heterocycles. The summed E-state index contributed by atoms with van der Waals surface area (Å²) in [4.78, 5) is 8.45. The Morgan fingerprint density at radius 1 is 1.15 bits per heavy atom. The minimum atomic E-state index is -0.419. The van der Waals surface area contributed by atoms with E-state index in [2.05, 4.69) is 9.97 Å². The van der Waals surface area contributed by atoms with Crippen LogP contribution in [0.5, 0.6) is 6.01 Å². The van der Waals surface area contributed by atoms with Crippen molar-refractivity contribution < 1.29 is 14.0 Å². The molecule has 20 heavy (non-hydrogen) atoms. The molecule has 0 bridgehead atoms. The highest BCUT2D eigenvalue weighted by Crippen LogP contribution is 2.36. The van der Waals surface area contributed by atoms with Gasteiger partial charge in [0, 0.05) is 17.9 Å². The number of hydrogen-bond donors (Lipinski definition) is 0. The van der Waals surface area contributed by atoms with Crippen LogP contribution in [0.3, 0.4) is 0 Å². The molecule has 0 spiro atoms. The molecule has 2 aliphatic rings. The van der Waals surface area contributed by atoms with E-state index in [0.717, 1.165) is 12.1 Å². The third-order valence-electron chi connectivity index (χ3n) is 4.32. The van der Waals surface area contributed by atoms with Gasteiger partial charge in [-0.3, -0.25) is 0 Å². The van der Waals surface area contributed by atoms with Crippen LogP contribution >= 0.6 is 0 Å². The van der Waals surface area contributed by atoms with Crippen LogP contribution in [0.15, 0.2) is 12.4 Å². The molecule has 0 unspecified atom stereocenters. The Hall–Kier alpha value is -1.14. The molecule has 3 rings (SSSR count). The molecule has 1 aliphatic heterocycles. The maximum absolute atomic E-state index is 5.96. The summed E-state index contributed by atoms with van der Waals surface area (Å²) < 4.78 is 17.4. The van der Waals surface area contributed by atoms with Crippen molar-refractivity contribution in [3.63, 3.8) is 0 Å². The van der Waals surface area contributed by atoms with Crippen LogP contribution in [-0.2, 0) is 9.31 Å². The van der Waals surface area contributed by atoms with Gasteiger partial charge >= 0.3 is 13.1 Å². The Kier molecular flexibility index (Phi) is 3.25. The average Bonchev–Trinajstić information content (AvgIpc) is 3.16. The lowest BCUT2D eigenvalue weighted by atomic mass is 9.81. The average molecular weight is 276 g/mol. The standard InChI is InChI=1S/C14H21BN2O3/c1-13(2)14(3,4)20-15(19-13)11-7-16-12(17-8-11)18-9-10-5-6-10/h7-8,10H,5-6,9H2,1-4H3. The summed E-state index contributed by atoms with van der Waals surface area (Å²) in [6, 6.07) is 0.428. The number of aromatic nitrogens is 2. The molecule has 0 radical (unpaired) electrons. The largest absolute Gasteiger partial charge is 0.498 e. The van der Waals surface area contributed by atoms with Crippen molar-refractivity contribution in [1.82, 2.24) is 9.97 Å². The van der Waals surface area contributed by atoms with E-state index < -0.39 is 7.12 Å². The third kappa shape index (κ3) is 2.67. The number of rotatable bonds is 4. The fraction of sp³-hybridized carbons (Fsp3) is 0.714. The van der Waals surface area contributed by atoms with Crippen LogP contribution in [0.4, 0.5) is 0 Å². The lowest BCUT2D eigenvalue weighted by Crippen LogP contribution is -2.41. The summed E-state index contributed by atoms with van der Waals surface area (Å²) >= 11 is 0. The first-order valence-electron chi connectivity index (χ1n) is 7.18. The van der Waals surface area contributed by atoms with Gasteiger partial charge in [0.05, 0.1) is 17.8 Å². The molecular formula is C14H21BN2O3. The molecule has 0 atom stereocenters. The summed E-state index contributed by atoms with van der Waals surface area (Å²) in [6.45, 7) is 8.83. The topological polar surface area (TPSA) is 53.5 Å². The first kappa shape index (κ1) is 13.8. The Balaban J connectivity index is 1.65. The van der Waals surface area contributed by atoms with Gasteiger partial charge in [-0.15, -0.1) is 0 Å². The van der Waals surface area contributed by atoms with Crippen LogP contribution < -0.4 is 10.2 Å². The second-order valence-electron chi connectivity index (χ2n) is 6.64. The Morgan fingerprint density at radius 2 is 1.70 bits per heavy atom. The zero-order valence-corrected chi connectivity index (χ0v) is 12.5. The van der Waals surface area contributed by atoms with E-state index in [1.165, 1.54) is 12.8 Å². The normalized spacial score (nSPS) is 23.9. The molecule has 1 aromatic heterocycles. The zero-order chi connectivity index (χ0) is 14.4. The van der Waals surface area contributed by atoms with Crippen LogP contribution in [0.1, 0.15) is 40.5 Å². The van der Waals surface area contributed by atoms with E-state index in [0.29, 0.717) is 11.9 Å². The molecule has 108 valence electrons. The van der Waals surface area contributed by atoms with Crippen molar-refractivity contribution in [1.29, 1.82) is 0 Å². The SMILES string of the molecule is CC1(C)OB(c2cnc(OCC3CC3)nc2)OC1(C)C. The summed E-state index contributed by atoms with van der Waals surface area (Å²) in [5, 5.41) is 0. The molecule has 5 nitrogen and oxygen atoms in total. The van der Waals surface area contributed by atoms with Crippen molar-refractivity contribution in [2.75, 3.05) is 6.61 Å². The Morgan fingerprint density at radius 3 is 2.20 bits per heavy atom. The predicted octanol–water partition coefficient (Wildman–Crippen LogP) is 1.56. The second kappa shape index (κ2) is 4.70. The van der Waals surface area contributed by atoms with Crippen molar-refractivity contribution in [2.45, 2.75) is 51.7 Å². The van der Waals surface area contributed by atoms with Gasteiger partial charge in [-0.2, -0.15) is 0 Å². The maximum Gasteiger partial charge on any atom is 0.498 e. The smallest absolute Gasteiger partial charge is 0.463 e. The van der Waals surface area contributed by atoms with E-state index in [1.54, 1.807) is 12.4 Å². The van der Waals surface area contributed by atoms with Gasteiger partial charge in [-0.1, -0.05) is 0 Å². The summed E-state index contributed by atoms with van der Waals surface area (Å²) in [5.41, 5.74) is 0.125. The predicted molar refractivity (Wildman–Crippen MR) is 76.0 cm³/mol. The van der Waals surface area contributed by atoms with Gasteiger partial charge in [0.2, 0.25) is 0 Å². The zero-order valence-electron chi connectivity index (χ0n) is 12.5. The van der Waals surface area contributed by atoms with Crippen molar-refractivity contribution in [2.24, 2.45) is 5.92 Å². The minimum absolute atomic E-state index is 0.348. The quantitative estimate of drug-likeness (QED) is 0.781. The van der Waals surface area contributed by atoms with Crippen molar-refractivity contribution >= 4 is 12.6 Å². The first-order valence-corrected chi connectivity index (χ1v) is 7.18. The number of ether oxygens (including phenoxy) is 1. The summed E-state index contributed by atoms with van der Waals surface area (Å²) in [5.74, 6) is 0.696. The van der Waals surface area contributed by atoms with Crippen LogP contribution in [0.2, 0.25) is 0 Å².